The Bertz CT molecular complexity index is 1160. The third-order valence-corrected chi connectivity index (χ3v) is 8.31. The minimum atomic E-state index is -0.974. The van der Waals surface area contributed by atoms with Crippen LogP contribution in [0.1, 0.15) is 65.4 Å². The van der Waals surface area contributed by atoms with Crippen LogP contribution in [-0.4, -0.2) is 100 Å². The number of nitrogens with zero attached hydrogens (tertiary/aromatic N) is 1. The molecule has 1 aromatic rings. The molecule has 1 fully saturated rings. The van der Waals surface area contributed by atoms with E-state index in [-0.39, 0.29) is 37.3 Å². The van der Waals surface area contributed by atoms with Crippen molar-refractivity contribution in [2.75, 3.05) is 41.0 Å². The van der Waals surface area contributed by atoms with E-state index in [0.717, 1.165) is 37.7 Å². The Morgan fingerprint density at radius 3 is 1.88 bits per heavy atom. The maximum absolute atomic E-state index is 13.7. The van der Waals surface area contributed by atoms with Gasteiger partial charge in [-0.3, -0.25) is 15.0 Å². The van der Waals surface area contributed by atoms with Gasteiger partial charge in [-0.15, -0.1) is 0 Å². The van der Waals surface area contributed by atoms with Gasteiger partial charge in [0.25, 0.3) is 5.91 Å². The molecule has 4 atom stereocenters. The SMILES string of the molecule is COCC(=O)O[C@@H](CN(CC1CCCCC1)NC(=O)[C@@H](NC(=O)OC)C(C)C)[C@H](Cc1ccccc1)NC(=O)[C@@H](NC(=O)OC)C(C)C. The lowest BCUT2D eigenvalue weighted by Crippen LogP contribution is -2.60. The van der Waals surface area contributed by atoms with Crippen molar-refractivity contribution >= 4 is 30.0 Å². The molecule has 2 rings (SSSR count). The molecule has 0 bridgehead atoms. The molecule has 1 aromatic carbocycles. The number of amides is 4. The molecular formula is C34H55N5O9. The molecule has 270 valence electrons. The molecule has 14 heteroatoms. The number of hydrogen-bond acceptors (Lipinski definition) is 10. The zero-order valence-corrected chi connectivity index (χ0v) is 29.4. The minimum absolute atomic E-state index is 0.00922. The van der Waals surface area contributed by atoms with E-state index >= 15 is 0 Å². The van der Waals surface area contributed by atoms with E-state index in [1.165, 1.54) is 21.3 Å². The smallest absolute Gasteiger partial charge is 0.407 e. The summed E-state index contributed by atoms with van der Waals surface area (Å²) >= 11 is 0. The average molecular weight is 678 g/mol. The maximum Gasteiger partial charge on any atom is 0.407 e. The summed E-state index contributed by atoms with van der Waals surface area (Å²) in [4.78, 5) is 64.6. The summed E-state index contributed by atoms with van der Waals surface area (Å²) < 4.78 is 20.5. The van der Waals surface area contributed by atoms with E-state index in [4.69, 9.17) is 18.9 Å². The highest BCUT2D eigenvalue weighted by molar-refractivity contribution is 5.86. The molecule has 4 amide bonds. The molecule has 14 nitrogen and oxygen atoms in total. The van der Waals surface area contributed by atoms with Crippen molar-refractivity contribution in [2.24, 2.45) is 17.8 Å². The van der Waals surface area contributed by atoms with Gasteiger partial charge in [-0.1, -0.05) is 77.3 Å². The Hall–Kier alpha value is -3.91. The molecular weight excluding hydrogens is 622 g/mol. The topological polar surface area (TPSA) is 174 Å². The number of esters is 1. The molecule has 1 aliphatic rings. The zero-order chi connectivity index (χ0) is 35.6. The number of benzene rings is 1. The number of hydrazine groups is 1. The normalized spacial score (nSPS) is 16.0. The minimum Gasteiger partial charge on any atom is -0.457 e. The van der Waals surface area contributed by atoms with Gasteiger partial charge in [0.15, 0.2) is 0 Å². The second kappa shape index (κ2) is 21.1. The summed E-state index contributed by atoms with van der Waals surface area (Å²) in [5.74, 6) is -1.91. The first-order chi connectivity index (χ1) is 22.9. The Labute approximate surface area is 284 Å². The molecule has 48 heavy (non-hydrogen) atoms. The molecule has 0 heterocycles. The van der Waals surface area contributed by atoms with Crippen LogP contribution in [0.15, 0.2) is 30.3 Å². The van der Waals surface area contributed by atoms with Crippen molar-refractivity contribution in [3.8, 4) is 0 Å². The Kier molecular flexibility index (Phi) is 17.7. The van der Waals surface area contributed by atoms with Gasteiger partial charge in [-0.05, 0) is 42.6 Å². The van der Waals surface area contributed by atoms with Gasteiger partial charge in [-0.2, -0.15) is 0 Å². The monoisotopic (exact) mass is 677 g/mol. The van der Waals surface area contributed by atoms with Gasteiger partial charge < -0.3 is 34.9 Å². The lowest BCUT2D eigenvalue weighted by atomic mass is 9.89. The zero-order valence-electron chi connectivity index (χ0n) is 29.4. The molecule has 0 saturated heterocycles. The van der Waals surface area contributed by atoms with Crippen molar-refractivity contribution in [2.45, 2.75) is 90.4 Å². The van der Waals surface area contributed by atoms with Crippen LogP contribution in [0.4, 0.5) is 9.59 Å². The second-order valence-corrected chi connectivity index (χ2v) is 12.9. The van der Waals surface area contributed by atoms with Gasteiger partial charge in [0.2, 0.25) is 5.91 Å². The summed E-state index contributed by atoms with van der Waals surface area (Å²) in [7, 11) is 3.82. The van der Waals surface area contributed by atoms with Gasteiger partial charge in [0.05, 0.1) is 26.8 Å². The second-order valence-electron chi connectivity index (χ2n) is 12.9. The summed E-state index contributed by atoms with van der Waals surface area (Å²) in [6.07, 6.45) is 3.00. The maximum atomic E-state index is 13.7. The molecule has 0 radical (unpaired) electrons. The fourth-order valence-electron chi connectivity index (χ4n) is 5.71. The fourth-order valence-corrected chi connectivity index (χ4v) is 5.71. The van der Waals surface area contributed by atoms with Crippen molar-refractivity contribution in [1.29, 1.82) is 0 Å². The quantitative estimate of drug-likeness (QED) is 0.103. The molecule has 1 saturated carbocycles. The molecule has 0 aliphatic heterocycles. The standard InChI is InChI=1S/C34H55N5O9/c1-22(2)29(36-33(43)46-6)31(41)35-26(18-24-14-10-8-11-15-24)27(48-28(40)21-45-5)20-39(19-25-16-12-9-13-17-25)38-32(42)30(23(3)4)37-34(44)47-7/h8,10-11,14-15,22-23,25-27,29-30H,9,12-13,16-21H2,1-7H3,(H,35,41)(H,36,43)(H,37,44)(H,38,42)/t26-,27-,29-,30-/m0/s1. The van der Waals surface area contributed by atoms with Gasteiger partial charge in [0, 0.05) is 13.7 Å². The molecule has 0 aromatic heterocycles. The third-order valence-electron chi connectivity index (χ3n) is 8.31. The number of ether oxygens (including phenoxy) is 4. The van der Waals surface area contributed by atoms with Crippen LogP contribution in [0, 0.1) is 17.8 Å². The van der Waals surface area contributed by atoms with E-state index in [1.807, 2.05) is 30.3 Å². The number of carbonyl (C=O) groups excluding carboxylic acids is 5. The summed E-state index contributed by atoms with van der Waals surface area (Å²) in [5, 5.41) is 9.92. The van der Waals surface area contributed by atoms with E-state index in [2.05, 4.69) is 21.4 Å². The molecule has 1 aliphatic carbocycles. The number of hydrogen-bond donors (Lipinski definition) is 4. The van der Waals surface area contributed by atoms with Crippen LogP contribution in [0.5, 0.6) is 0 Å². The largest absolute Gasteiger partial charge is 0.457 e. The summed E-state index contributed by atoms with van der Waals surface area (Å²) in [6.45, 7) is 7.33. The number of carbonyl (C=O) groups is 5. The Balaban J connectivity index is 2.52. The summed E-state index contributed by atoms with van der Waals surface area (Å²) in [6, 6.07) is 6.76. The van der Waals surface area contributed by atoms with E-state index in [1.54, 1.807) is 32.7 Å². The van der Waals surface area contributed by atoms with Crippen molar-refractivity contribution in [3.05, 3.63) is 35.9 Å². The Morgan fingerprint density at radius 1 is 0.792 bits per heavy atom. The first kappa shape index (κ1) is 40.3. The van der Waals surface area contributed by atoms with Crippen LogP contribution in [0.2, 0.25) is 0 Å². The molecule has 4 N–H and O–H groups in total. The van der Waals surface area contributed by atoms with Gasteiger partial charge in [0.1, 0.15) is 24.8 Å². The van der Waals surface area contributed by atoms with E-state index < -0.39 is 54.2 Å². The van der Waals surface area contributed by atoms with E-state index in [9.17, 15) is 24.0 Å². The highest BCUT2D eigenvalue weighted by Gasteiger charge is 2.35. The van der Waals surface area contributed by atoms with Crippen molar-refractivity contribution in [3.63, 3.8) is 0 Å². The summed E-state index contributed by atoms with van der Waals surface area (Å²) in [5.41, 5.74) is 3.84. The van der Waals surface area contributed by atoms with Crippen LogP contribution in [0.3, 0.4) is 0 Å². The first-order valence-electron chi connectivity index (χ1n) is 16.6. The highest BCUT2D eigenvalue weighted by atomic mass is 16.6. The van der Waals surface area contributed by atoms with E-state index in [0.29, 0.717) is 6.54 Å². The van der Waals surface area contributed by atoms with Crippen LogP contribution in [0.25, 0.3) is 0 Å². The van der Waals surface area contributed by atoms with Crippen molar-refractivity contribution in [1.82, 2.24) is 26.4 Å². The molecule has 0 unspecified atom stereocenters. The van der Waals surface area contributed by atoms with Gasteiger partial charge in [-0.25, -0.2) is 19.4 Å². The third kappa shape index (κ3) is 14.1. The van der Waals surface area contributed by atoms with Gasteiger partial charge >= 0.3 is 18.2 Å². The van der Waals surface area contributed by atoms with Crippen LogP contribution >= 0.6 is 0 Å². The predicted octanol–water partition coefficient (Wildman–Crippen LogP) is 2.95. The predicted molar refractivity (Wildman–Crippen MR) is 178 cm³/mol. The highest BCUT2D eigenvalue weighted by Crippen LogP contribution is 2.25. The number of rotatable bonds is 18. The Morgan fingerprint density at radius 2 is 1.35 bits per heavy atom. The number of nitrogens with one attached hydrogen (secondary N) is 4. The van der Waals surface area contributed by atoms with Crippen molar-refractivity contribution < 1.29 is 42.9 Å². The fraction of sp³-hybridized carbons (Fsp3) is 0.676. The lowest BCUT2D eigenvalue weighted by Gasteiger charge is -2.36. The van der Waals surface area contributed by atoms with Crippen LogP contribution < -0.4 is 21.4 Å². The average Bonchev–Trinajstić information content (AvgIpc) is 3.05. The lowest BCUT2D eigenvalue weighted by molar-refractivity contribution is -0.158. The number of methoxy groups -OCH3 is 3. The van der Waals surface area contributed by atoms with Crippen LogP contribution in [-0.2, 0) is 39.8 Å². The first-order valence-corrected chi connectivity index (χ1v) is 16.6. The molecule has 0 spiro atoms. The number of alkyl carbamates (subject to hydrolysis) is 2.